The molecule has 0 unspecified atom stereocenters. The highest BCUT2D eigenvalue weighted by Gasteiger charge is 2.27. The van der Waals surface area contributed by atoms with Crippen molar-refractivity contribution in [2.75, 3.05) is 29.1 Å². The number of hydrogen-bond acceptors (Lipinski definition) is 7. The van der Waals surface area contributed by atoms with Crippen LogP contribution in [0.3, 0.4) is 0 Å². The Bertz CT molecular complexity index is 1030. The van der Waals surface area contributed by atoms with Crippen LogP contribution in [0.4, 0.5) is 11.4 Å². The fourth-order valence-corrected chi connectivity index (χ4v) is 3.39. The van der Waals surface area contributed by atoms with Crippen LogP contribution in [0.1, 0.15) is 0 Å². The van der Waals surface area contributed by atoms with Crippen LogP contribution in [-0.4, -0.2) is 41.7 Å². The van der Waals surface area contributed by atoms with Gasteiger partial charge in [-0.3, -0.25) is 19.3 Å². The third-order valence-electron chi connectivity index (χ3n) is 4.02. The number of anilines is 2. The molecule has 0 saturated heterocycles. The summed E-state index contributed by atoms with van der Waals surface area (Å²) in [6.45, 7) is -0.570. The average Bonchev–Trinajstić information content (AvgIpc) is 3.12. The fourth-order valence-electron chi connectivity index (χ4n) is 2.75. The van der Waals surface area contributed by atoms with Crippen LogP contribution in [0.2, 0.25) is 0 Å². The lowest BCUT2D eigenvalue weighted by Gasteiger charge is -2.28. The standard InChI is InChI=1S/C19H15N3O5S/c23-16-9-22(14-7-3-1-5-12(14)20-16)17(24)10-26-18(25)11-28-19-21-13-6-2-4-8-15(13)27-19/h1-8H,9-11H2,(H,20,23). The molecular formula is C19H15N3O5S. The molecular weight excluding hydrogens is 382 g/mol. The van der Waals surface area contributed by atoms with Gasteiger partial charge in [-0.2, -0.15) is 0 Å². The quantitative estimate of drug-likeness (QED) is 0.521. The minimum absolute atomic E-state index is 0.0445. The molecule has 3 aromatic rings. The van der Waals surface area contributed by atoms with Gasteiger partial charge >= 0.3 is 5.97 Å². The van der Waals surface area contributed by atoms with Crippen LogP contribution in [0, 0.1) is 0 Å². The van der Waals surface area contributed by atoms with E-state index in [1.165, 1.54) is 4.90 Å². The Balaban J connectivity index is 1.32. The number of carbonyl (C=O) groups is 3. The number of hydrogen-bond donors (Lipinski definition) is 1. The molecule has 1 aromatic heterocycles. The van der Waals surface area contributed by atoms with Crippen molar-refractivity contribution in [3.05, 3.63) is 48.5 Å². The Morgan fingerprint density at radius 1 is 1.18 bits per heavy atom. The minimum Gasteiger partial charge on any atom is -0.455 e. The lowest BCUT2D eigenvalue weighted by atomic mass is 10.2. The number of thioether (sulfide) groups is 1. The Labute approximate surface area is 163 Å². The van der Waals surface area contributed by atoms with Crippen LogP contribution in [0.5, 0.6) is 0 Å². The van der Waals surface area contributed by atoms with E-state index in [4.69, 9.17) is 9.15 Å². The van der Waals surface area contributed by atoms with Gasteiger partial charge in [0, 0.05) is 0 Å². The molecule has 2 aromatic carbocycles. The first-order valence-corrected chi connectivity index (χ1v) is 9.42. The summed E-state index contributed by atoms with van der Waals surface area (Å²) in [6, 6.07) is 14.2. The largest absolute Gasteiger partial charge is 0.455 e. The number of ether oxygens (including phenoxy) is 1. The van der Waals surface area contributed by atoms with Gasteiger partial charge in [0.05, 0.1) is 11.4 Å². The maximum Gasteiger partial charge on any atom is 0.316 e. The normalized spacial score (nSPS) is 13.1. The molecule has 0 aliphatic carbocycles. The van der Waals surface area contributed by atoms with Crippen LogP contribution in [0.15, 0.2) is 58.2 Å². The average molecular weight is 397 g/mol. The van der Waals surface area contributed by atoms with E-state index >= 15 is 0 Å². The topological polar surface area (TPSA) is 102 Å². The van der Waals surface area contributed by atoms with Gasteiger partial charge in [-0.05, 0) is 24.3 Å². The van der Waals surface area contributed by atoms with Crippen LogP contribution in [-0.2, 0) is 19.1 Å². The van der Waals surface area contributed by atoms with E-state index in [1.807, 2.05) is 18.2 Å². The van der Waals surface area contributed by atoms with Crippen molar-refractivity contribution >= 4 is 52.0 Å². The number of benzene rings is 2. The number of rotatable bonds is 5. The summed E-state index contributed by atoms with van der Waals surface area (Å²) in [4.78, 5) is 41.7. The van der Waals surface area contributed by atoms with E-state index in [1.54, 1.807) is 30.3 Å². The second-order valence-electron chi connectivity index (χ2n) is 5.94. The molecule has 0 atom stereocenters. The van der Waals surface area contributed by atoms with E-state index in [2.05, 4.69) is 10.3 Å². The maximum atomic E-state index is 12.4. The molecule has 0 bridgehead atoms. The molecule has 0 spiro atoms. The van der Waals surface area contributed by atoms with Gasteiger partial charge in [-0.1, -0.05) is 36.0 Å². The number of aromatic nitrogens is 1. The van der Waals surface area contributed by atoms with Crippen molar-refractivity contribution in [1.29, 1.82) is 0 Å². The molecule has 142 valence electrons. The second-order valence-corrected chi connectivity index (χ2v) is 6.87. The lowest BCUT2D eigenvalue weighted by molar-refractivity contribution is -0.145. The number of nitrogens with zero attached hydrogens (tertiary/aromatic N) is 2. The number of para-hydroxylation sites is 4. The number of carbonyl (C=O) groups excluding carboxylic acids is 3. The molecule has 1 N–H and O–H groups in total. The summed E-state index contributed by atoms with van der Waals surface area (Å²) >= 11 is 1.09. The molecule has 0 fully saturated rings. The minimum atomic E-state index is -0.574. The van der Waals surface area contributed by atoms with Crippen molar-refractivity contribution in [3.63, 3.8) is 0 Å². The predicted octanol–water partition coefficient (Wildman–Crippen LogP) is 2.45. The van der Waals surface area contributed by atoms with Crippen molar-refractivity contribution in [2.45, 2.75) is 5.22 Å². The highest BCUT2D eigenvalue weighted by Crippen LogP contribution is 2.29. The van der Waals surface area contributed by atoms with Gasteiger partial charge in [0.2, 0.25) is 5.91 Å². The van der Waals surface area contributed by atoms with Gasteiger partial charge in [0.1, 0.15) is 17.8 Å². The van der Waals surface area contributed by atoms with Crippen molar-refractivity contribution < 1.29 is 23.5 Å². The van der Waals surface area contributed by atoms with E-state index < -0.39 is 18.5 Å². The predicted molar refractivity (Wildman–Crippen MR) is 103 cm³/mol. The van der Waals surface area contributed by atoms with Gasteiger partial charge in [0.15, 0.2) is 12.2 Å². The summed E-state index contributed by atoms with van der Waals surface area (Å²) in [6.07, 6.45) is 0. The summed E-state index contributed by atoms with van der Waals surface area (Å²) in [7, 11) is 0. The Kier molecular flexibility index (Phi) is 4.98. The zero-order chi connectivity index (χ0) is 19.5. The van der Waals surface area contributed by atoms with E-state index in [9.17, 15) is 14.4 Å². The molecule has 2 heterocycles. The molecule has 28 heavy (non-hydrogen) atoms. The van der Waals surface area contributed by atoms with Crippen molar-refractivity contribution in [2.24, 2.45) is 0 Å². The Morgan fingerprint density at radius 3 is 2.82 bits per heavy atom. The molecule has 8 nitrogen and oxygen atoms in total. The molecule has 0 saturated carbocycles. The highest BCUT2D eigenvalue weighted by atomic mass is 32.2. The number of esters is 1. The summed E-state index contributed by atoms with van der Waals surface area (Å²) in [5, 5.41) is 3.05. The molecule has 0 radical (unpaired) electrons. The summed E-state index contributed by atoms with van der Waals surface area (Å²) in [5.41, 5.74) is 2.46. The third kappa shape index (κ3) is 3.84. The van der Waals surface area contributed by atoms with Gasteiger partial charge in [-0.25, -0.2) is 4.98 Å². The molecule has 4 rings (SSSR count). The molecule has 2 amide bonds. The smallest absolute Gasteiger partial charge is 0.316 e. The van der Waals surface area contributed by atoms with E-state index in [-0.39, 0.29) is 18.2 Å². The molecule has 1 aliphatic heterocycles. The van der Waals surface area contributed by atoms with Crippen LogP contribution >= 0.6 is 11.8 Å². The second kappa shape index (κ2) is 7.73. The first-order chi connectivity index (χ1) is 13.6. The van der Waals surface area contributed by atoms with Gasteiger partial charge in [-0.15, -0.1) is 0 Å². The van der Waals surface area contributed by atoms with Crippen molar-refractivity contribution in [3.8, 4) is 0 Å². The van der Waals surface area contributed by atoms with Gasteiger partial charge < -0.3 is 14.5 Å². The number of amides is 2. The Morgan fingerprint density at radius 2 is 1.96 bits per heavy atom. The zero-order valence-electron chi connectivity index (χ0n) is 14.6. The first kappa shape index (κ1) is 18.1. The SMILES string of the molecule is O=C1CN(C(=O)COC(=O)CSc2nc3ccccc3o2)c2ccccc2N1. The number of fused-ring (bicyclic) bond motifs is 2. The van der Waals surface area contributed by atoms with Crippen LogP contribution in [0.25, 0.3) is 11.1 Å². The maximum absolute atomic E-state index is 12.4. The molecule has 1 aliphatic rings. The fraction of sp³-hybridized carbons (Fsp3) is 0.158. The third-order valence-corrected chi connectivity index (χ3v) is 4.82. The number of nitrogens with one attached hydrogen (secondary N) is 1. The first-order valence-electron chi connectivity index (χ1n) is 8.43. The molecule has 9 heteroatoms. The Hall–Kier alpha value is -3.33. The monoisotopic (exact) mass is 397 g/mol. The van der Waals surface area contributed by atoms with Crippen LogP contribution < -0.4 is 10.2 Å². The van der Waals surface area contributed by atoms with Gasteiger partial charge in [0.25, 0.3) is 11.1 Å². The summed E-state index contributed by atoms with van der Waals surface area (Å²) in [5.74, 6) is -1.39. The van der Waals surface area contributed by atoms with Crippen molar-refractivity contribution in [1.82, 2.24) is 4.98 Å². The van der Waals surface area contributed by atoms with E-state index in [0.29, 0.717) is 27.7 Å². The lowest BCUT2D eigenvalue weighted by Crippen LogP contribution is -2.44. The highest BCUT2D eigenvalue weighted by molar-refractivity contribution is 7.99. The van der Waals surface area contributed by atoms with E-state index in [0.717, 1.165) is 11.8 Å². The number of oxazole rings is 1. The zero-order valence-corrected chi connectivity index (χ0v) is 15.4. The summed E-state index contributed by atoms with van der Waals surface area (Å²) < 4.78 is 10.6.